The number of nitrogens with two attached hydrogens (primary N) is 1. The van der Waals surface area contributed by atoms with Gasteiger partial charge in [-0.15, -0.1) is 0 Å². The molecule has 0 aliphatic carbocycles. The van der Waals surface area contributed by atoms with Crippen LogP contribution < -0.4 is 10.6 Å². The smallest absolute Gasteiger partial charge is 0.298 e. The third-order valence-corrected chi connectivity index (χ3v) is 3.90. The molecule has 102 valence electrons. The molecule has 2 N–H and O–H groups in total. The minimum Gasteiger partial charge on any atom is -0.423 e. The fraction of sp³-hybridized carbons (Fsp3) is 0.133. The Morgan fingerprint density at radius 1 is 1.20 bits per heavy atom. The number of hydrogen-bond donors (Lipinski definition) is 1. The lowest BCUT2D eigenvalue weighted by molar-refractivity contribution is 0.582. The Morgan fingerprint density at radius 2 is 2.00 bits per heavy atom. The molecule has 0 aliphatic rings. The molecule has 3 aromatic rings. The van der Waals surface area contributed by atoms with Crippen molar-refractivity contribution in [2.75, 3.05) is 17.7 Å². The minimum atomic E-state index is 0.564. The molecule has 0 radical (unpaired) electrons. The lowest BCUT2D eigenvalue weighted by atomic mass is 10.2. The van der Waals surface area contributed by atoms with Crippen LogP contribution in [-0.2, 0) is 6.54 Å². The summed E-state index contributed by atoms with van der Waals surface area (Å²) in [6.45, 7) is 0.703. The first-order chi connectivity index (χ1) is 9.65. The second-order valence-corrected chi connectivity index (χ2v) is 5.49. The molecule has 0 fully saturated rings. The van der Waals surface area contributed by atoms with Crippen molar-refractivity contribution in [3.8, 4) is 0 Å². The van der Waals surface area contributed by atoms with E-state index < -0.39 is 0 Å². The Bertz CT molecular complexity index is 754. The van der Waals surface area contributed by atoms with Crippen LogP contribution in [-0.4, -0.2) is 12.0 Å². The van der Waals surface area contributed by atoms with Gasteiger partial charge in [0, 0.05) is 18.1 Å². The molecule has 0 aliphatic heterocycles. The van der Waals surface area contributed by atoms with Crippen LogP contribution in [0.4, 0.5) is 11.7 Å². The van der Waals surface area contributed by atoms with Crippen molar-refractivity contribution in [2.45, 2.75) is 6.54 Å². The number of hydrogen-bond acceptors (Lipinski definition) is 4. The zero-order valence-electron chi connectivity index (χ0n) is 11.0. The summed E-state index contributed by atoms with van der Waals surface area (Å²) in [5, 5.41) is 0. The van der Waals surface area contributed by atoms with Crippen LogP contribution in [0.2, 0.25) is 0 Å². The highest BCUT2D eigenvalue weighted by molar-refractivity contribution is 9.10. The summed E-state index contributed by atoms with van der Waals surface area (Å²) < 4.78 is 6.81. The van der Waals surface area contributed by atoms with Crippen LogP contribution in [0.3, 0.4) is 0 Å². The molecular weight excluding hydrogens is 318 g/mol. The highest BCUT2D eigenvalue weighted by atomic mass is 79.9. The fourth-order valence-electron chi connectivity index (χ4n) is 2.07. The molecule has 4 nitrogen and oxygen atoms in total. The molecule has 0 saturated carbocycles. The topological polar surface area (TPSA) is 55.3 Å². The molecule has 20 heavy (non-hydrogen) atoms. The zero-order valence-corrected chi connectivity index (χ0v) is 12.6. The van der Waals surface area contributed by atoms with E-state index >= 15 is 0 Å². The number of nitrogen functional groups attached to an aromatic ring is 1. The molecule has 5 heteroatoms. The number of oxazole rings is 1. The number of aromatic nitrogens is 1. The van der Waals surface area contributed by atoms with Crippen molar-refractivity contribution in [2.24, 2.45) is 0 Å². The molecule has 1 aromatic heterocycles. The first-order valence-electron chi connectivity index (χ1n) is 6.25. The molecule has 0 spiro atoms. The third kappa shape index (κ3) is 2.36. The summed E-state index contributed by atoms with van der Waals surface area (Å²) in [5.74, 6) is 0. The maximum absolute atomic E-state index is 5.90. The predicted molar refractivity (Wildman–Crippen MR) is 84.7 cm³/mol. The summed E-state index contributed by atoms with van der Waals surface area (Å²) in [6, 6.07) is 14.2. The average molecular weight is 332 g/mol. The molecule has 0 amide bonds. The van der Waals surface area contributed by atoms with Crippen LogP contribution in [0, 0.1) is 0 Å². The second-order valence-electron chi connectivity index (χ2n) is 4.64. The van der Waals surface area contributed by atoms with E-state index in [1.165, 1.54) is 5.56 Å². The van der Waals surface area contributed by atoms with Crippen LogP contribution in [0.25, 0.3) is 11.1 Å². The summed E-state index contributed by atoms with van der Waals surface area (Å²) in [7, 11) is 1.94. The van der Waals surface area contributed by atoms with Gasteiger partial charge in [0.05, 0.1) is 5.69 Å². The highest BCUT2D eigenvalue weighted by Gasteiger charge is 2.13. The number of nitrogens with zero attached hydrogens (tertiary/aromatic N) is 2. The van der Waals surface area contributed by atoms with E-state index in [0.29, 0.717) is 29.3 Å². The Hall–Kier alpha value is -2.01. The summed E-state index contributed by atoms with van der Waals surface area (Å²) in [4.78, 5) is 6.41. The quantitative estimate of drug-likeness (QED) is 0.741. The van der Waals surface area contributed by atoms with E-state index in [-0.39, 0.29) is 0 Å². The molecule has 1 heterocycles. The van der Waals surface area contributed by atoms with Gasteiger partial charge in [-0.25, -0.2) is 0 Å². The van der Waals surface area contributed by atoms with Crippen molar-refractivity contribution < 1.29 is 4.42 Å². The van der Waals surface area contributed by atoms with Gasteiger partial charge in [0.25, 0.3) is 6.01 Å². The number of anilines is 2. The van der Waals surface area contributed by atoms with Gasteiger partial charge in [-0.1, -0.05) is 40.2 Å². The first-order valence-corrected chi connectivity index (χ1v) is 7.04. The number of rotatable bonds is 3. The van der Waals surface area contributed by atoms with E-state index in [1.54, 1.807) is 0 Å². The third-order valence-electron chi connectivity index (χ3n) is 3.13. The Labute approximate surface area is 125 Å². The Balaban J connectivity index is 1.91. The molecule has 0 bridgehead atoms. The normalized spacial score (nSPS) is 10.9. The molecule has 2 aromatic carbocycles. The van der Waals surface area contributed by atoms with Crippen LogP contribution in [0.5, 0.6) is 0 Å². The second kappa shape index (κ2) is 5.17. The van der Waals surface area contributed by atoms with Crippen molar-refractivity contribution >= 4 is 38.7 Å². The van der Waals surface area contributed by atoms with Crippen LogP contribution >= 0.6 is 15.9 Å². The number of benzene rings is 2. The summed E-state index contributed by atoms with van der Waals surface area (Å²) in [5.41, 5.74) is 9.12. The van der Waals surface area contributed by atoms with E-state index in [4.69, 9.17) is 10.2 Å². The molecule has 0 unspecified atom stereocenters. The Morgan fingerprint density at radius 3 is 2.75 bits per heavy atom. The van der Waals surface area contributed by atoms with Crippen molar-refractivity contribution in [3.63, 3.8) is 0 Å². The monoisotopic (exact) mass is 331 g/mol. The van der Waals surface area contributed by atoms with Crippen molar-refractivity contribution in [1.82, 2.24) is 4.98 Å². The standard InChI is InChI=1S/C15H14BrN3O/c1-19(9-10-5-2-3-6-11(10)16)15-18-14-12(17)7-4-8-13(14)20-15/h2-8H,9,17H2,1H3. The summed E-state index contributed by atoms with van der Waals surface area (Å²) in [6.07, 6.45) is 0. The van der Waals surface area contributed by atoms with E-state index in [2.05, 4.69) is 27.0 Å². The van der Waals surface area contributed by atoms with Crippen molar-refractivity contribution in [1.29, 1.82) is 0 Å². The number of halogens is 1. The van der Waals surface area contributed by atoms with E-state index in [9.17, 15) is 0 Å². The van der Waals surface area contributed by atoms with Crippen LogP contribution in [0.15, 0.2) is 51.4 Å². The largest absolute Gasteiger partial charge is 0.423 e. The van der Waals surface area contributed by atoms with Gasteiger partial charge in [0.2, 0.25) is 0 Å². The first kappa shape index (κ1) is 13.0. The molecule has 0 saturated heterocycles. The van der Waals surface area contributed by atoms with Gasteiger partial charge in [0.15, 0.2) is 5.58 Å². The van der Waals surface area contributed by atoms with Gasteiger partial charge in [-0.3, -0.25) is 0 Å². The highest BCUT2D eigenvalue weighted by Crippen LogP contribution is 2.27. The SMILES string of the molecule is CN(Cc1ccccc1Br)c1nc2c(N)cccc2o1. The number of para-hydroxylation sites is 1. The van der Waals surface area contributed by atoms with Gasteiger partial charge < -0.3 is 15.1 Å². The van der Waals surface area contributed by atoms with E-state index in [0.717, 1.165) is 4.47 Å². The maximum Gasteiger partial charge on any atom is 0.298 e. The average Bonchev–Trinajstić information content (AvgIpc) is 2.87. The molecule has 0 atom stereocenters. The minimum absolute atomic E-state index is 0.564. The lowest BCUT2D eigenvalue weighted by Gasteiger charge is -2.15. The van der Waals surface area contributed by atoms with E-state index in [1.807, 2.05) is 48.3 Å². The summed E-state index contributed by atoms with van der Waals surface area (Å²) >= 11 is 3.55. The zero-order chi connectivity index (χ0) is 14.1. The van der Waals surface area contributed by atoms with Crippen molar-refractivity contribution in [3.05, 3.63) is 52.5 Å². The van der Waals surface area contributed by atoms with Crippen LogP contribution in [0.1, 0.15) is 5.56 Å². The maximum atomic E-state index is 5.90. The lowest BCUT2D eigenvalue weighted by Crippen LogP contribution is -2.16. The van der Waals surface area contributed by atoms with Gasteiger partial charge in [0.1, 0.15) is 5.52 Å². The van der Waals surface area contributed by atoms with Gasteiger partial charge >= 0.3 is 0 Å². The Kier molecular flexibility index (Phi) is 3.36. The number of fused-ring (bicyclic) bond motifs is 1. The van der Waals surface area contributed by atoms with Gasteiger partial charge in [-0.2, -0.15) is 4.98 Å². The molecule has 3 rings (SSSR count). The predicted octanol–water partition coefficient (Wildman–Crippen LogP) is 3.81. The fourth-order valence-corrected chi connectivity index (χ4v) is 2.48. The van der Waals surface area contributed by atoms with Gasteiger partial charge in [-0.05, 0) is 23.8 Å². The molecular formula is C15H14BrN3O.